The summed E-state index contributed by atoms with van der Waals surface area (Å²) in [6.07, 6.45) is -6.78. The Labute approximate surface area is 179 Å². The summed E-state index contributed by atoms with van der Waals surface area (Å²) in [5.41, 5.74) is -4.72. The van der Waals surface area contributed by atoms with Gasteiger partial charge >= 0.3 is 12.4 Å². The number of rotatable bonds is 2. The number of benzene rings is 1. The standard InChI is InChI=1S/C22H19F6NO3/c1-11-16(30)9-13-10-17(11)31-32-20(13,2)7-6-12-8-18(22(26,27)28)29-19-14(12)4-3-5-15(19)21(23,24)25/h3-8,11,13,17H,9-10H2,1-2H3/b7-6-/t11-,13+,17+,20+/m1/s1. The summed E-state index contributed by atoms with van der Waals surface area (Å²) in [7, 11) is 0. The van der Waals surface area contributed by atoms with Crippen LogP contribution in [0.3, 0.4) is 0 Å². The van der Waals surface area contributed by atoms with Gasteiger partial charge in [0.25, 0.3) is 0 Å². The molecule has 1 saturated heterocycles. The van der Waals surface area contributed by atoms with Crippen LogP contribution in [0.1, 0.15) is 43.5 Å². The predicted octanol–water partition coefficient (Wildman–Crippen LogP) is 5.99. The highest BCUT2D eigenvalue weighted by atomic mass is 19.4. The van der Waals surface area contributed by atoms with Gasteiger partial charge in [0, 0.05) is 23.6 Å². The zero-order valence-corrected chi connectivity index (χ0v) is 17.1. The number of nitrogens with zero attached hydrogens (tertiary/aromatic N) is 1. The number of hydrogen-bond donors (Lipinski definition) is 0. The van der Waals surface area contributed by atoms with Gasteiger partial charge in [-0.1, -0.05) is 25.1 Å². The maximum absolute atomic E-state index is 13.4. The molecule has 172 valence electrons. The summed E-state index contributed by atoms with van der Waals surface area (Å²) in [5.74, 6) is -0.598. The van der Waals surface area contributed by atoms with E-state index in [1.165, 1.54) is 18.2 Å². The fraction of sp³-hybridized carbons (Fsp3) is 0.455. The number of pyridine rings is 1. The van der Waals surface area contributed by atoms with E-state index in [4.69, 9.17) is 9.78 Å². The first kappa shape index (κ1) is 22.7. The third kappa shape index (κ3) is 4.01. The lowest BCUT2D eigenvalue weighted by atomic mass is 9.71. The van der Waals surface area contributed by atoms with Gasteiger partial charge in [-0.2, -0.15) is 26.3 Å². The molecule has 0 N–H and O–H groups in total. The van der Waals surface area contributed by atoms with Crippen LogP contribution in [0.25, 0.3) is 17.0 Å². The summed E-state index contributed by atoms with van der Waals surface area (Å²) < 4.78 is 80.4. The van der Waals surface area contributed by atoms with Crippen molar-refractivity contribution in [1.82, 2.24) is 4.98 Å². The van der Waals surface area contributed by atoms with Gasteiger partial charge < -0.3 is 0 Å². The van der Waals surface area contributed by atoms with Crippen LogP contribution in [-0.4, -0.2) is 22.5 Å². The topological polar surface area (TPSA) is 48.4 Å². The number of fused-ring (bicyclic) bond motifs is 3. The van der Waals surface area contributed by atoms with Crippen LogP contribution in [0, 0.1) is 11.8 Å². The van der Waals surface area contributed by atoms with Crippen LogP contribution in [0.5, 0.6) is 0 Å². The van der Waals surface area contributed by atoms with Crippen molar-refractivity contribution in [2.75, 3.05) is 0 Å². The van der Waals surface area contributed by atoms with E-state index < -0.39 is 40.8 Å². The van der Waals surface area contributed by atoms with Crippen molar-refractivity contribution in [2.45, 2.75) is 50.7 Å². The molecule has 1 aromatic carbocycles. The van der Waals surface area contributed by atoms with Gasteiger partial charge in [-0.15, -0.1) is 0 Å². The third-order valence-corrected chi connectivity index (χ3v) is 6.25. The van der Waals surface area contributed by atoms with Crippen LogP contribution < -0.4 is 0 Å². The largest absolute Gasteiger partial charge is 0.433 e. The fourth-order valence-electron chi connectivity index (χ4n) is 4.20. The Kier molecular flexibility index (Phi) is 5.36. The minimum Gasteiger partial charge on any atom is -0.299 e. The van der Waals surface area contributed by atoms with Crippen molar-refractivity contribution in [1.29, 1.82) is 0 Å². The highest BCUT2D eigenvalue weighted by Gasteiger charge is 2.48. The molecule has 1 aliphatic heterocycles. The minimum absolute atomic E-state index is 0.00212. The highest BCUT2D eigenvalue weighted by molar-refractivity contribution is 5.91. The SMILES string of the molecule is C[C@@H]1C(=O)C[C@H]2C[C@@H]1OO[C@@]2(C)/C=C\c1cc(C(F)(F)F)nc2c(C(F)(F)F)cccc12. The number of halogens is 6. The molecule has 0 radical (unpaired) electrons. The van der Waals surface area contributed by atoms with Crippen LogP contribution >= 0.6 is 0 Å². The molecule has 4 nitrogen and oxygen atoms in total. The molecule has 1 aromatic heterocycles. The van der Waals surface area contributed by atoms with E-state index in [1.54, 1.807) is 13.8 Å². The van der Waals surface area contributed by atoms with E-state index in [0.29, 0.717) is 18.6 Å². The fourth-order valence-corrected chi connectivity index (χ4v) is 4.20. The van der Waals surface area contributed by atoms with Gasteiger partial charge in [-0.25, -0.2) is 14.8 Å². The number of alkyl halides is 6. The second-order valence-corrected chi connectivity index (χ2v) is 8.42. The van der Waals surface area contributed by atoms with E-state index in [1.807, 2.05) is 0 Å². The first-order valence-corrected chi connectivity index (χ1v) is 9.94. The Bertz CT molecular complexity index is 1090. The second kappa shape index (κ2) is 7.55. The Balaban J connectivity index is 1.80. The zero-order valence-electron chi connectivity index (χ0n) is 17.1. The molecule has 4 rings (SSSR count). The lowest BCUT2D eigenvalue weighted by Gasteiger charge is -2.45. The number of Topliss-reactive ketones (excluding diaryl/α,β-unsaturated/α-hetero) is 1. The molecule has 32 heavy (non-hydrogen) atoms. The first-order valence-electron chi connectivity index (χ1n) is 9.94. The molecule has 0 amide bonds. The summed E-state index contributed by atoms with van der Waals surface area (Å²) in [6, 6.07) is 3.78. The summed E-state index contributed by atoms with van der Waals surface area (Å²) >= 11 is 0. The maximum atomic E-state index is 13.4. The van der Waals surface area contributed by atoms with E-state index in [-0.39, 0.29) is 35.0 Å². The van der Waals surface area contributed by atoms with Gasteiger partial charge in [0.05, 0.1) is 11.1 Å². The quantitative estimate of drug-likeness (QED) is 0.409. The lowest BCUT2D eigenvalue weighted by Crippen LogP contribution is -2.51. The smallest absolute Gasteiger partial charge is 0.299 e. The number of carbonyl (C=O) groups excluding carboxylic acids is 1. The average Bonchev–Trinajstić information content (AvgIpc) is 2.70. The average molecular weight is 459 g/mol. The van der Waals surface area contributed by atoms with Gasteiger partial charge in [0.15, 0.2) is 0 Å². The number of carbonyl (C=O) groups is 1. The third-order valence-electron chi connectivity index (χ3n) is 6.25. The Morgan fingerprint density at radius 1 is 1.16 bits per heavy atom. The maximum Gasteiger partial charge on any atom is 0.433 e. The molecule has 0 unspecified atom stereocenters. The Hall–Kier alpha value is -2.46. The predicted molar refractivity (Wildman–Crippen MR) is 102 cm³/mol. The van der Waals surface area contributed by atoms with E-state index in [2.05, 4.69) is 4.98 Å². The second-order valence-electron chi connectivity index (χ2n) is 8.42. The molecule has 0 spiro atoms. The normalized spacial score (nSPS) is 29.1. The van der Waals surface area contributed by atoms with Crippen molar-refractivity contribution in [3.8, 4) is 0 Å². The van der Waals surface area contributed by atoms with E-state index in [9.17, 15) is 31.1 Å². The monoisotopic (exact) mass is 459 g/mol. The van der Waals surface area contributed by atoms with Gasteiger partial charge in [-0.05, 0) is 37.1 Å². The lowest BCUT2D eigenvalue weighted by molar-refractivity contribution is -0.415. The van der Waals surface area contributed by atoms with Crippen LogP contribution in [-0.2, 0) is 26.9 Å². The molecular formula is C22H19F6NO3. The van der Waals surface area contributed by atoms with Crippen molar-refractivity contribution in [2.24, 2.45) is 11.8 Å². The Morgan fingerprint density at radius 3 is 2.53 bits per heavy atom. The van der Waals surface area contributed by atoms with E-state index in [0.717, 1.165) is 6.07 Å². The van der Waals surface area contributed by atoms with E-state index >= 15 is 0 Å². The molecule has 2 bridgehead atoms. The molecule has 2 heterocycles. The summed E-state index contributed by atoms with van der Waals surface area (Å²) in [6.45, 7) is 3.37. The summed E-state index contributed by atoms with van der Waals surface area (Å²) in [5, 5.41) is -0.0874. The summed E-state index contributed by atoms with van der Waals surface area (Å²) in [4.78, 5) is 26.4. The van der Waals surface area contributed by atoms with Crippen molar-refractivity contribution in [3.05, 3.63) is 47.2 Å². The Morgan fingerprint density at radius 2 is 1.88 bits per heavy atom. The molecule has 1 aliphatic carbocycles. The van der Waals surface area contributed by atoms with Gasteiger partial charge in [0.1, 0.15) is 23.2 Å². The molecular weight excluding hydrogens is 440 g/mol. The van der Waals surface area contributed by atoms with Crippen LogP contribution in [0.2, 0.25) is 0 Å². The molecule has 10 heteroatoms. The van der Waals surface area contributed by atoms with Crippen molar-refractivity contribution in [3.63, 3.8) is 0 Å². The zero-order chi connectivity index (χ0) is 23.5. The molecule has 2 fully saturated rings. The molecule has 1 saturated carbocycles. The van der Waals surface area contributed by atoms with Crippen LogP contribution in [0.4, 0.5) is 26.3 Å². The number of ketones is 1. The molecule has 2 aromatic rings. The minimum atomic E-state index is -4.94. The molecule has 2 aliphatic rings. The molecule has 4 atom stereocenters. The highest BCUT2D eigenvalue weighted by Crippen LogP contribution is 2.44. The van der Waals surface area contributed by atoms with Crippen LogP contribution in [0.15, 0.2) is 30.3 Å². The van der Waals surface area contributed by atoms with Crippen molar-refractivity contribution < 1.29 is 40.9 Å². The number of para-hydroxylation sites is 1. The van der Waals surface area contributed by atoms with Gasteiger partial charge in [0.2, 0.25) is 0 Å². The number of hydrogen-bond acceptors (Lipinski definition) is 4. The van der Waals surface area contributed by atoms with Gasteiger partial charge in [-0.3, -0.25) is 4.79 Å². The number of aromatic nitrogens is 1. The van der Waals surface area contributed by atoms with Crippen molar-refractivity contribution >= 4 is 22.8 Å². The first-order chi connectivity index (χ1) is 14.8.